The molecule has 1 aliphatic rings. The molecule has 1 amide bonds. The molecule has 1 fully saturated rings. The van der Waals surface area contributed by atoms with Crippen LogP contribution in [-0.2, 0) is 25.6 Å². The summed E-state index contributed by atoms with van der Waals surface area (Å²) < 4.78 is 19.6. The van der Waals surface area contributed by atoms with Gasteiger partial charge in [-0.2, -0.15) is 0 Å². The Morgan fingerprint density at radius 2 is 1.13 bits per heavy atom. The number of rotatable bonds is 24. The van der Waals surface area contributed by atoms with Crippen LogP contribution in [0.2, 0.25) is 0 Å². The third-order valence-corrected chi connectivity index (χ3v) is 11.4. The minimum absolute atomic E-state index is 0.0465. The van der Waals surface area contributed by atoms with E-state index >= 15 is 0 Å². The molecule has 1 saturated heterocycles. The van der Waals surface area contributed by atoms with Crippen molar-refractivity contribution in [3.8, 4) is 142 Å². The molecule has 0 bridgehead atoms. The van der Waals surface area contributed by atoms with Crippen molar-refractivity contribution in [2.75, 3.05) is 13.2 Å². The Kier molecular flexibility index (Phi) is 33.2. The molecule has 352 valence electrons. The second kappa shape index (κ2) is 39.7. The van der Waals surface area contributed by atoms with Gasteiger partial charge in [0.2, 0.25) is 0 Å². The molecule has 1 N–H and O–H groups in total. The number of carbonyl (C=O) groups excluding carboxylic acids is 1. The highest BCUT2D eigenvalue weighted by Crippen LogP contribution is 2.36. The van der Waals surface area contributed by atoms with Crippen molar-refractivity contribution < 1.29 is 19.0 Å². The number of azide groups is 1. The summed E-state index contributed by atoms with van der Waals surface area (Å²) in [5.74, 6) is 61.4. The Labute approximate surface area is 415 Å². The first-order valence-corrected chi connectivity index (χ1v) is 24.0. The smallest absolute Gasteiger partial charge is 0.297 e. The molecule has 2 unspecified atom stereocenters. The number of hydrogen-bond donors (Lipinski definition) is 1. The van der Waals surface area contributed by atoms with Gasteiger partial charge in [-0.05, 0) is 137 Å². The molecule has 1 aromatic rings. The summed E-state index contributed by atoms with van der Waals surface area (Å²) in [6.45, 7) is 13.2. The number of nitrogens with one attached hydrogen (secondary N) is 1. The number of nitrogens with zero attached hydrogens (tertiary/aromatic N) is 3. The third kappa shape index (κ3) is 28.4. The predicted molar refractivity (Wildman–Crippen MR) is 277 cm³/mol. The van der Waals surface area contributed by atoms with E-state index in [1.54, 1.807) is 6.92 Å². The summed E-state index contributed by atoms with van der Waals surface area (Å²) in [5.41, 5.74) is 10.0. The number of unbranched alkanes of at least 4 members (excludes halogenated alkanes) is 11. The highest BCUT2D eigenvalue weighted by Gasteiger charge is 2.40. The minimum Gasteiger partial charge on any atom is -0.371 e. The molecule has 1 aromatic carbocycles. The lowest BCUT2D eigenvalue weighted by molar-refractivity contribution is -0.249. The summed E-state index contributed by atoms with van der Waals surface area (Å²) in [6, 6.07) is 9.43. The fourth-order valence-electron chi connectivity index (χ4n) is 7.32. The molecule has 69 heavy (non-hydrogen) atoms. The Hall–Kier alpha value is -7.40. The maximum atomic E-state index is 13.5. The SMILES string of the molecule is CC#CC#CC#CC#CC#CC#CC#CC#CC#CC#CC#CC#CC(=O)N[C@@H](CO[C@H]1OC(CN=[N+]=[N-])[C@H](C)[C@H](C)C1C)[C@H](OCc1ccccc1)[C@H](C)CCCCCCCCCCCCCC. The standard InChI is InChI=1S/C61H64N4O4/c1-7-9-11-13-15-17-19-21-22-23-24-25-26-27-28-29-30-31-33-35-37-39-44-48-59(66)64-57(51-68-61-55(6)53(4)54(5)58(69-61)49-63-65-62)60(67-50-56-46-42-40-43-47-56)52(3)45-41-38-36-34-32-20-18-16-14-12-10-8-2/h40,42-43,46-47,52-55,57-58,60-61H,8,10,12,14,16,18,20,32,34,36,38,41,45,49-51H2,1-6H3,(H,64,66)/t52-,53+,54-,55?,57+,58?,60-,61+/m1/s1. The zero-order valence-electron chi connectivity index (χ0n) is 41.3. The van der Waals surface area contributed by atoms with Gasteiger partial charge in [0.05, 0.1) is 38.0 Å². The van der Waals surface area contributed by atoms with Crippen molar-refractivity contribution in [3.05, 3.63) is 46.3 Å². The maximum absolute atomic E-state index is 13.5. The van der Waals surface area contributed by atoms with Gasteiger partial charge in [0.1, 0.15) is 0 Å². The van der Waals surface area contributed by atoms with Crippen LogP contribution in [0.1, 0.15) is 131 Å². The van der Waals surface area contributed by atoms with E-state index in [0.29, 0.717) is 6.61 Å². The molecule has 0 aliphatic carbocycles. The topological polar surface area (TPSA) is 106 Å². The average molecular weight is 917 g/mol. The highest BCUT2D eigenvalue weighted by atomic mass is 16.7. The van der Waals surface area contributed by atoms with Crippen LogP contribution < -0.4 is 5.32 Å². The Morgan fingerprint density at radius 3 is 1.61 bits per heavy atom. The van der Waals surface area contributed by atoms with E-state index < -0.39 is 24.3 Å². The molecule has 0 saturated carbocycles. The molecule has 0 aromatic heterocycles. The van der Waals surface area contributed by atoms with Crippen molar-refractivity contribution in [3.63, 3.8) is 0 Å². The number of amides is 1. The van der Waals surface area contributed by atoms with E-state index in [-0.39, 0.29) is 42.9 Å². The lowest BCUT2D eigenvalue weighted by Gasteiger charge is -2.43. The van der Waals surface area contributed by atoms with Crippen molar-refractivity contribution in [2.45, 2.75) is 156 Å². The lowest BCUT2D eigenvalue weighted by atomic mass is 9.79. The fraction of sp³-hybridized carbons (Fsp3) is 0.492. The Balaban J connectivity index is 2.16. The molecule has 0 radical (unpaired) electrons. The van der Waals surface area contributed by atoms with Gasteiger partial charge in [-0.25, -0.2) is 0 Å². The van der Waals surface area contributed by atoms with E-state index in [9.17, 15) is 4.79 Å². The second-order valence-corrected chi connectivity index (χ2v) is 16.5. The van der Waals surface area contributed by atoms with Gasteiger partial charge >= 0.3 is 0 Å². The summed E-state index contributed by atoms with van der Waals surface area (Å²) in [7, 11) is 0. The van der Waals surface area contributed by atoms with E-state index in [2.05, 4.69) is 192 Å². The van der Waals surface area contributed by atoms with Crippen LogP contribution in [0.25, 0.3) is 10.4 Å². The van der Waals surface area contributed by atoms with Gasteiger partial charge in [0.25, 0.3) is 5.91 Å². The van der Waals surface area contributed by atoms with Gasteiger partial charge < -0.3 is 19.5 Å². The van der Waals surface area contributed by atoms with Crippen LogP contribution in [0.3, 0.4) is 0 Å². The average Bonchev–Trinajstić information content (AvgIpc) is 3.35. The quantitative estimate of drug-likeness (QED) is 0.0367. The monoisotopic (exact) mass is 916 g/mol. The number of carbonyl (C=O) groups is 1. The third-order valence-electron chi connectivity index (χ3n) is 11.4. The van der Waals surface area contributed by atoms with Gasteiger partial charge in [0.15, 0.2) is 6.29 Å². The minimum atomic E-state index is -0.579. The molecule has 8 atom stereocenters. The molecular formula is C61H64N4O4. The normalized spacial score (nSPS) is 16.8. The van der Waals surface area contributed by atoms with Gasteiger partial charge in [-0.15, -0.1) is 0 Å². The first-order chi connectivity index (χ1) is 33.8. The zero-order chi connectivity index (χ0) is 49.8. The maximum Gasteiger partial charge on any atom is 0.297 e. The number of ether oxygens (including phenoxy) is 3. The van der Waals surface area contributed by atoms with Crippen LogP contribution in [0.4, 0.5) is 0 Å². The molecular weight excluding hydrogens is 853 g/mol. The lowest BCUT2D eigenvalue weighted by Crippen LogP contribution is -2.52. The highest BCUT2D eigenvalue weighted by molar-refractivity contribution is 5.94. The fourth-order valence-corrected chi connectivity index (χ4v) is 7.32. The van der Waals surface area contributed by atoms with Crippen LogP contribution in [-0.4, -0.2) is 43.6 Å². The molecule has 2 rings (SSSR count). The van der Waals surface area contributed by atoms with Crippen molar-refractivity contribution >= 4 is 5.91 Å². The summed E-state index contributed by atoms with van der Waals surface area (Å²) in [4.78, 5) is 16.4. The molecule has 8 heteroatoms. The summed E-state index contributed by atoms with van der Waals surface area (Å²) in [6.07, 6.45) is 14.9. The predicted octanol–water partition coefficient (Wildman–Crippen LogP) is 9.80. The Morgan fingerprint density at radius 1 is 0.667 bits per heavy atom. The largest absolute Gasteiger partial charge is 0.371 e. The molecule has 8 nitrogen and oxygen atoms in total. The first-order valence-electron chi connectivity index (χ1n) is 24.0. The summed E-state index contributed by atoms with van der Waals surface area (Å²) >= 11 is 0. The Bertz CT molecular complexity index is 2610. The van der Waals surface area contributed by atoms with E-state index in [0.717, 1.165) is 24.8 Å². The van der Waals surface area contributed by atoms with E-state index in [4.69, 9.17) is 19.7 Å². The van der Waals surface area contributed by atoms with Crippen LogP contribution >= 0.6 is 0 Å². The van der Waals surface area contributed by atoms with Gasteiger partial charge in [-0.1, -0.05) is 153 Å². The van der Waals surface area contributed by atoms with Gasteiger partial charge in [0, 0.05) is 52.3 Å². The van der Waals surface area contributed by atoms with Gasteiger partial charge in [-0.3, -0.25) is 4.79 Å². The van der Waals surface area contributed by atoms with Crippen LogP contribution in [0, 0.1) is 166 Å². The van der Waals surface area contributed by atoms with Crippen molar-refractivity contribution in [1.29, 1.82) is 0 Å². The van der Waals surface area contributed by atoms with Crippen LogP contribution in [0.5, 0.6) is 0 Å². The second-order valence-electron chi connectivity index (χ2n) is 16.5. The zero-order valence-corrected chi connectivity index (χ0v) is 41.3. The first kappa shape index (κ1) is 57.7. The molecule has 0 spiro atoms. The molecule has 1 heterocycles. The molecule has 1 aliphatic heterocycles. The number of hydrogen-bond acceptors (Lipinski definition) is 5. The van der Waals surface area contributed by atoms with Crippen molar-refractivity contribution in [1.82, 2.24) is 5.32 Å². The summed E-state index contributed by atoms with van der Waals surface area (Å²) in [5, 5.41) is 6.90. The van der Waals surface area contributed by atoms with Crippen molar-refractivity contribution in [2.24, 2.45) is 28.8 Å². The number of benzene rings is 1. The van der Waals surface area contributed by atoms with Crippen LogP contribution in [0.15, 0.2) is 35.4 Å². The van der Waals surface area contributed by atoms with E-state index in [1.807, 2.05) is 30.3 Å². The van der Waals surface area contributed by atoms with E-state index in [1.165, 1.54) is 64.2 Å².